The Morgan fingerprint density at radius 1 is 1.22 bits per heavy atom. The molecule has 1 aromatic rings. The van der Waals surface area contributed by atoms with Gasteiger partial charge in [0, 0.05) is 32.1 Å². The quantitative estimate of drug-likeness (QED) is 0.848. The van der Waals surface area contributed by atoms with Crippen LogP contribution in [0.15, 0.2) is 18.2 Å². The normalized spacial score (nSPS) is 18.3. The highest BCUT2D eigenvalue weighted by molar-refractivity contribution is 6.34. The molecule has 0 spiro atoms. The molecule has 2 aliphatic heterocycles. The molecule has 8 heteroatoms. The summed E-state index contributed by atoms with van der Waals surface area (Å²) < 4.78 is 10.4. The van der Waals surface area contributed by atoms with E-state index in [1.54, 1.807) is 11.8 Å². The lowest BCUT2D eigenvalue weighted by atomic mass is 9.96. The van der Waals surface area contributed by atoms with Crippen LogP contribution in [0.25, 0.3) is 0 Å². The highest BCUT2D eigenvalue weighted by Gasteiger charge is 2.29. The summed E-state index contributed by atoms with van der Waals surface area (Å²) in [5.41, 5.74) is 1.57. The number of carbonyl (C=O) groups is 2. The predicted octanol–water partition coefficient (Wildman–Crippen LogP) is 2.98. The van der Waals surface area contributed by atoms with Crippen molar-refractivity contribution in [1.29, 1.82) is 0 Å². The Morgan fingerprint density at radius 2 is 1.93 bits per heavy atom. The molecular weight excluding hydrogens is 370 g/mol. The Labute approximate surface area is 164 Å². The van der Waals surface area contributed by atoms with Crippen molar-refractivity contribution in [3.05, 3.63) is 23.2 Å². The monoisotopic (exact) mass is 395 g/mol. The maximum absolute atomic E-state index is 12.8. The molecule has 0 saturated carbocycles. The van der Waals surface area contributed by atoms with Gasteiger partial charge in [-0.3, -0.25) is 4.79 Å². The molecule has 0 aliphatic carbocycles. The second-order valence-corrected chi connectivity index (χ2v) is 7.09. The lowest BCUT2D eigenvalue weighted by Gasteiger charge is -2.33. The van der Waals surface area contributed by atoms with E-state index in [1.807, 2.05) is 18.2 Å². The number of rotatable bonds is 4. The lowest BCUT2D eigenvalue weighted by Crippen LogP contribution is -2.42. The van der Waals surface area contributed by atoms with Crippen molar-refractivity contribution in [2.24, 2.45) is 5.92 Å². The summed E-state index contributed by atoms with van der Waals surface area (Å²) in [6, 6.07) is 5.55. The number of piperidine rings is 1. The summed E-state index contributed by atoms with van der Waals surface area (Å²) in [5.74, 6) is -0.164. The fourth-order valence-corrected chi connectivity index (χ4v) is 3.79. The van der Waals surface area contributed by atoms with E-state index in [4.69, 9.17) is 21.1 Å². The number of ether oxygens (including phenoxy) is 2. The second-order valence-electron chi connectivity index (χ2n) is 6.68. The van der Waals surface area contributed by atoms with Gasteiger partial charge in [-0.2, -0.15) is 0 Å². The first-order valence-corrected chi connectivity index (χ1v) is 9.81. The summed E-state index contributed by atoms with van der Waals surface area (Å²) in [4.78, 5) is 28.4. The highest BCUT2D eigenvalue weighted by Crippen LogP contribution is 2.35. The number of nitrogens with one attached hydrogen (secondary N) is 1. The first kappa shape index (κ1) is 19.8. The van der Waals surface area contributed by atoms with E-state index in [0.717, 1.165) is 24.5 Å². The van der Waals surface area contributed by atoms with Gasteiger partial charge in [0.1, 0.15) is 0 Å². The van der Waals surface area contributed by atoms with Crippen LogP contribution in [0.2, 0.25) is 5.02 Å². The third-order valence-electron chi connectivity index (χ3n) is 4.96. The standard InChI is InChI=1S/C19H26ClN3O4/c1-2-27-19(25)23-8-6-14(7-9-23)18(24)21-16-5-3-4-15(20)17(16)22-10-12-26-13-11-22/h3-5,14H,2,6-13H2,1H3,(H,21,24). The molecule has 7 nitrogen and oxygen atoms in total. The highest BCUT2D eigenvalue weighted by atomic mass is 35.5. The smallest absolute Gasteiger partial charge is 0.409 e. The van der Waals surface area contributed by atoms with Crippen molar-refractivity contribution in [3.8, 4) is 0 Å². The number of halogens is 1. The number of likely N-dealkylation sites (tertiary alicyclic amines) is 1. The molecule has 148 valence electrons. The van der Waals surface area contributed by atoms with Crippen LogP contribution < -0.4 is 10.2 Å². The zero-order chi connectivity index (χ0) is 19.2. The average molecular weight is 396 g/mol. The average Bonchev–Trinajstić information content (AvgIpc) is 2.69. The van der Waals surface area contributed by atoms with Crippen LogP contribution in [0.3, 0.4) is 0 Å². The summed E-state index contributed by atoms with van der Waals surface area (Å²) in [6.07, 6.45) is 0.941. The number of carbonyl (C=O) groups excluding carboxylic acids is 2. The van der Waals surface area contributed by atoms with E-state index in [-0.39, 0.29) is 17.9 Å². The van der Waals surface area contributed by atoms with Gasteiger partial charge < -0.3 is 24.6 Å². The maximum Gasteiger partial charge on any atom is 0.409 e. The number of benzene rings is 1. The number of amides is 2. The zero-order valence-corrected chi connectivity index (χ0v) is 16.3. The third-order valence-corrected chi connectivity index (χ3v) is 5.27. The van der Waals surface area contributed by atoms with Crippen LogP contribution in [0.1, 0.15) is 19.8 Å². The van der Waals surface area contributed by atoms with Gasteiger partial charge in [0.2, 0.25) is 5.91 Å². The maximum atomic E-state index is 12.8. The van der Waals surface area contributed by atoms with Crippen molar-refractivity contribution in [3.63, 3.8) is 0 Å². The van der Waals surface area contributed by atoms with Crippen molar-refractivity contribution >= 4 is 35.0 Å². The Bertz CT molecular complexity index is 671. The predicted molar refractivity (Wildman–Crippen MR) is 104 cm³/mol. The van der Waals surface area contributed by atoms with Gasteiger partial charge in [0.15, 0.2) is 0 Å². The number of anilines is 2. The largest absolute Gasteiger partial charge is 0.450 e. The summed E-state index contributed by atoms with van der Waals surface area (Å²) >= 11 is 6.42. The number of hydrogen-bond donors (Lipinski definition) is 1. The van der Waals surface area contributed by atoms with E-state index in [9.17, 15) is 9.59 Å². The van der Waals surface area contributed by atoms with Gasteiger partial charge >= 0.3 is 6.09 Å². The van der Waals surface area contributed by atoms with Crippen molar-refractivity contribution < 1.29 is 19.1 Å². The Kier molecular flexibility index (Phi) is 6.79. The SMILES string of the molecule is CCOC(=O)N1CCC(C(=O)Nc2cccc(Cl)c2N2CCOCC2)CC1. The Hall–Kier alpha value is -1.99. The molecule has 1 aromatic carbocycles. The Balaban J connectivity index is 1.63. The zero-order valence-electron chi connectivity index (χ0n) is 15.6. The first-order valence-electron chi connectivity index (χ1n) is 9.44. The molecule has 0 atom stereocenters. The van der Waals surface area contributed by atoms with Crippen LogP contribution in [0, 0.1) is 5.92 Å². The topological polar surface area (TPSA) is 71.1 Å². The van der Waals surface area contributed by atoms with Crippen LogP contribution in [0.5, 0.6) is 0 Å². The number of morpholine rings is 1. The molecule has 2 heterocycles. The number of para-hydroxylation sites is 1. The van der Waals surface area contributed by atoms with E-state index < -0.39 is 0 Å². The van der Waals surface area contributed by atoms with Crippen LogP contribution in [-0.4, -0.2) is 62.9 Å². The molecule has 0 radical (unpaired) electrons. The van der Waals surface area contributed by atoms with Crippen molar-refractivity contribution in [1.82, 2.24) is 4.90 Å². The molecule has 27 heavy (non-hydrogen) atoms. The summed E-state index contributed by atoms with van der Waals surface area (Å²) in [5, 5.41) is 3.66. The molecule has 3 rings (SSSR count). The molecular formula is C19H26ClN3O4. The Morgan fingerprint density at radius 3 is 2.59 bits per heavy atom. The van der Waals surface area contributed by atoms with Gasteiger partial charge in [-0.15, -0.1) is 0 Å². The van der Waals surface area contributed by atoms with Gasteiger partial charge in [-0.25, -0.2) is 4.79 Å². The first-order chi connectivity index (χ1) is 13.1. The number of hydrogen-bond acceptors (Lipinski definition) is 5. The van der Waals surface area contributed by atoms with E-state index in [0.29, 0.717) is 50.8 Å². The lowest BCUT2D eigenvalue weighted by molar-refractivity contribution is -0.121. The van der Waals surface area contributed by atoms with Gasteiger partial charge in [-0.1, -0.05) is 17.7 Å². The van der Waals surface area contributed by atoms with Crippen LogP contribution in [-0.2, 0) is 14.3 Å². The number of nitrogens with zero attached hydrogens (tertiary/aromatic N) is 2. The molecule has 2 aliphatic rings. The van der Waals surface area contributed by atoms with Crippen molar-refractivity contribution in [2.45, 2.75) is 19.8 Å². The minimum atomic E-state index is -0.305. The fourth-order valence-electron chi connectivity index (χ4n) is 3.50. The minimum Gasteiger partial charge on any atom is -0.450 e. The minimum absolute atomic E-state index is 0.0321. The summed E-state index contributed by atoms with van der Waals surface area (Å²) in [7, 11) is 0. The third kappa shape index (κ3) is 4.84. The molecule has 0 bridgehead atoms. The van der Waals surface area contributed by atoms with Gasteiger partial charge in [0.05, 0.1) is 36.2 Å². The molecule has 2 saturated heterocycles. The van der Waals surface area contributed by atoms with Gasteiger partial charge in [0.25, 0.3) is 0 Å². The van der Waals surface area contributed by atoms with Gasteiger partial charge in [-0.05, 0) is 31.9 Å². The summed E-state index contributed by atoms with van der Waals surface area (Å²) in [6.45, 7) is 5.98. The second kappa shape index (κ2) is 9.28. The van der Waals surface area contributed by atoms with Crippen LogP contribution in [0.4, 0.5) is 16.2 Å². The van der Waals surface area contributed by atoms with E-state index in [2.05, 4.69) is 10.2 Å². The molecule has 0 unspecified atom stereocenters. The fraction of sp³-hybridized carbons (Fsp3) is 0.579. The van der Waals surface area contributed by atoms with E-state index in [1.165, 1.54) is 0 Å². The van der Waals surface area contributed by atoms with E-state index >= 15 is 0 Å². The molecule has 2 amide bonds. The molecule has 1 N–H and O–H groups in total. The van der Waals surface area contributed by atoms with Crippen molar-refractivity contribution in [2.75, 3.05) is 56.2 Å². The molecule has 2 fully saturated rings. The molecule has 0 aromatic heterocycles. The van der Waals surface area contributed by atoms with Crippen LogP contribution >= 0.6 is 11.6 Å².